The van der Waals surface area contributed by atoms with Gasteiger partial charge in [0.2, 0.25) is 5.91 Å². The minimum absolute atomic E-state index is 0.0701. The highest BCUT2D eigenvalue weighted by Crippen LogP contribution is 2.41. The summed E-state index contributed by atoms with van der Waals surface area (Å²) in [5, 5.41) is 0.923. The summed E-state index contributed by atoms with van der Waals surface area (Å²) in [4.78, 5) is 18.8. The Labute approximate surface area is 163 Å². The molecule has 140 valence electrons. The minimum atomic E-state index is 0.0701. The Kier molecular flexibility index (Phi) is 5.07. The Morgan fingerprint density at radius 2 is 2.04 bits per heavy atom. The third-order valence-electron chi connectivity index (χ3n) is 4.68. The summed E-state index contributed by atoms with van der Waals surface area (Å²) in [6, 6.07) is 14.7. The summed E-state index contributed by atoms with van der Waals surface area (Å²) in [6.07, 6.45) is 4.28. The van der Waals surface area contributed by atoms with Gasteiger partial charge >= 0.3 is 0 Å². The fourth-order valence-corrected chi connectivity index (χ4v) is 4.07. The molecule has 0 N–H and O–H groups in total. The lowest BCUT2D eigenvalue weighted by Gasteiger charge is -2.16. The molecular weight excluding hydrogens is 358 g/mol. The van der Waals surface area contributed by atoms with Crippen LogP contribution in [0.3, 0.4) is 0 Å². The van der Waals surface area contributed by atoms with Crippen molar-refractivity contribution in [1.29, 1.82) is 0 Å². The lowest BCUT2D eigenvalue weighted by atomic mass is 10.2. The molecule has 2 heterocycles. The van der Waals surface area contributed by atoms with Gasteiger partial charge in [-0.1, -0.05) is 42.1 Å². The van der Waals surface area contributed by atoms with Crippen molar-refractivity contribution in [3.05, 3.63) is 60.2 Å². The summed E-state index contributed by atoms with van der Waals surface area (Å²) < 4.78 is 7.86. The fourth-order valence-electron chi connectivity index (χ4n) is 3.09. The molecule has 1 aliphatic rings. The summed E-state index contributed by atoms with van der Waals surface area (Å²) in [7, 11) is 1.81. The summed E-state index contributed by atoms with van der Waals surface area (Å²) in [5.41, 5.74) is 2.30. The van der Waals surface area contributed by atoms with Crippen molar-refractivity contribution in [1.82, 2.24) is 14.5 Å². The largest absolute Gasteiger partial charge is 0.464 e. The van der Waals surface area contributed by atoms with E-state index in [4.69, 9.17) is 4.42 Å². The highest BCUT2D eigenvalue weighted by Gasteiger charge is 2.29. The van der Waals surface area contributed by atoms with Crippen LogP contribution in [0.1, 0.15) is 30.4 Å². The average molecular weight is 382 g/mol. The Morgan fingerprint density at radius 3 is 2.70 bits per heavy atom. The van der Waals surface area contributed by atoms with E-state index in [1.807, 2.05) is 50.5 Å². The SMILES string of the molecule is Cc1ccc(CN(C)C(=O)CSc2ncc(-c3ccccc3)n2C2CC2)o1. The van der Waals surface area contributed by atoms with Gasteiger partial charge in [-0.25, -0.2) is 4.98 Å². The molecule has 0 radical (unpaired) electrons. The van der Waals surface area contributed by atoms with Crippen molar-refractivity contribution in [3.8, 4) is 11.3 Å². The number of hydrogen-bond donors (Lipinski definition) is 0. The summed E-state index contributed by atoms with van der Waals surface area (Å²) in [5.74, 6) is 2.11. The van der Waals surface area contributed by atoms with Crippen molar-refractivity contribution in [2.24, 2.45) is 0 Å². The lowest BCUT2D eigenvalue weighted by Crippen LogP contribution is -2.27. The second-order valence-corrected chi connectivity index (χ2v) is 7.89. The third kappa shape index (κ3) is 4.11. The maximum absolute atomic E-state index is 12.5. The molecule has 1 saturated carbocycles. The maximum atomic E-state index is 12.5. The standard InChI is InChI=1S/C21H23N3O2S/c1-15-8-11-18(26-15)13-23(2)20(25)14-27-21-22-12-19(24(21)17-9-10-17)16-6-4-3-5-7-16/h3-8,11-12,17H,9-10,13-14H2,1-2H3. The van der Waals surface area contributed by atoms with Crippen LogP contribution < -0.4 is 0 Å². The van der Waals surface area contributed by atoms with Crippen molar-refractivity contribution < 1.29 is 9.21 Å². The molecule has 2 aromatic heterocycles. The van der Waals surface area contributed by atoms with Crippen LogP contribution in [0, 0.1) is 6.92 Å². The van der Waals surface area contributed by atoms with Gasteiger partial charge in [-0.05, 0) is 37.5 Å². The van der Waals surface area contributed by atoms with Gasteiger partial charge in [0.25, 0.3) is 0 Å². The van der Waals surface area contributed by atoms with Crippen LogP contribution >= 0.6 is 11.8 Å². The number of nitrogens with zero attached hydrogens (tertiary/aromatic N) is 3. The smallest absolute Gasteiger partial charge is 0.233 e. The first-order valence-corrected chi connectivity index (χ1v) is 10.1. The molecule has 27 heavy (non-hydrogen) atoms. The molecule has 0 unspecified atom stereocenters. The third-order valence-corrected chi connectivity index (χ3v) is 5.64. The topological polar surface area (TPSA) is 51.3 Å². The number of furan rings is 1. The number of imidazole rings is 1. The van der Waals surface area contributed by atoms with Crippen LogP contribution in [0.2, 0.25) is 0 Å². The van der Waals surface area contributed by atoms with Crippen LogP contribution in [-0.4, -0.2) is 33.2 Å². The quantitative estimate of drug-likeness (QED) is 0.564. The predicted molar refractivity (Wildman–Crippen MR) is 107 cm³/mol. The van der Waals surface area contributed by atoms with Crippen molar-refractivity contribution >= 4 is 17.7 Å². The first kappa shape index (κ1) is 17.9. The van der Waals surface area contributed by atoms with Crippen LogP contribution in [0.15, 0.2) is 58.2 Å². The first-order valence-electron chi connectivity index (χ1n) is 9.16. The van der Waals surface area contributed by atoms with Gasteiger partial charge in [0.15, 0.2) is 5.16 Å². The molecule has 1 aliphatic carbocycles. The number of carbonyl (C=O) groups excluding carboxylic acids is 1. The Hall–Kier alpha value is -2.47. The second-order valence-electron chi connectivity index (χ2n) is 6.94. The van der Waals surface area contributed by atoms with E-state index in [-0.39, 0.29) is 5.91 Å². The van der Waals surface area contributed by atoms with Gasteiger partial charge in [-0.15, -0.1) is 0 Å². The number of rotatable bonds is 7. The highest BCUT2D eigenvalue weighted by atomic mass is 32.2. The molecule has 0 atom stereocenters. The number of hydrogen-bond acceptors (Lipinski definition) is 4. The minimum Gasteiger partial charge on any atom is -0.464 e. The molecule has 3 aromatic rings. The molecule has 0 bridgehead atoms. The van der Waals surface area contributed by atoms with E-state index in [0.717, 1.165) is 22.4 Å². The number of thioether (sulfide) groups is 1. The number of aromatic nitrogens is 2. The fraction of sp³-hybridized carbons (Fsp3) is 0.333. The zero-order chi connectivity index (χ0) is 18.8. The normalized spacial score (nSPS) is 13.7. The van der Waals surface area contributed by atoms with E-state index in [2.05, 4.69) is 21.7 Å². The van der Waals surface area contributed by atoms with E-state index in [1.54, 1.807) is 4.90 Å². The number of carbonyl (C=O) groups is 1. The zero-order valence-electron chi connectivity index (χ0n) is 15.6. The van der Waals surface area contributed by atoms with E-state index in [1.165, 1.54) is 30.2 Å². The van der Waals surface area contributed by atoms with E-state index in [9.17, 15) is 4.79 Å². The van der Waals surface area contributed by atoms with E-state index in [0.29, 0.717) is 18.3 Å². The van der Waals surface area contributed by atoms with Crippen LogP contribution in [0.25, 0.3) is 11.3 Å². The van der Waals surface area contributed by atoms with Crippen molar-refractivity contribution in [2.75, 3.05) is 12.8 Å². The van der Waals surface area contributed by atoms with Gasteiger partial charge in [0.1, 0.15) is 11.5 Å². The van der Waals surface area contributed by atoms with E-state index < -0.39 is 0 Å². The number of aryl methyl sites for hydroxylation is 1. The molecule has 0 saturated heterocycles. The van der Waals surface area contributed by atoms with Crippen molar-refractivity contribution in [3.63, 3.8) is 0 Å². The van der Waals surface area contributed by atoms with Gasteiger partial charge < -0.3 is 13.9 Å². The van der Waals surface area contributed by atoms with Gasteiger partial charge in [0.05, 0.1) is 24.2 Å². The second kappa shape index (κ2) is 7.64. The van der Waals surface area contributed by atoms with Gasteiger partial charge in [-0.2, -0.15) is 0 Å². The summed E-state index contributed by atoms with van der Waals surface area (Å²) >= 11 is 1.51. The van der Waals surface area contributed by atoms with E-state index >= 15 is 0 Å². The molecule has 1 fully saturated rings. The molecule has 1 amide bonds. The molecule has 0 aliphatic heterocycles. The van der Waals surface area contributed by atoms with Crippen molar-refractivity contribution in [2.45, 2.75) is 37.5 Å². The van der Waals surface area contributed by atoms with Gasteiger partial charge in [-0.3, -0.25) is 4.79 Å². The molecule has 1 aromatic carbocycles. The Bertz CT molecular complexity index is 928. The molecular formula is C21H23N3O2S. The first-order chi connectivity index (χ1) is 13.1. The molecule has 5 nitrogen and oxygen atoms in total. The molecule has 6 heteroatoms. The predicted octanol–water partition coefficient (Wildman–Crippen LogP) is 4.54. The zero-order valence-corrected chi connectivity index (χ0v) is 16.4. The highest BCUT2D eigenvalue weighted by molar-refractivity contribution is 7.99. The molecule has 4 rings (SSSR count). The Balaban J connectivity index is 1.43. The number of benzene rings is 1. The van der Waals surface area contributed by atoms with Crippen LogP contribution in [0.4, 0.5) is 0 Å². The maximum Gasteiger partial charge on any atom is 0.233 e. The van der Waals surface area contributed by atoms with Crippen LogP contribution in [0.5, 0.6) is 0 Å². The van der Waals surface area contributed by atoms with Gasteiger partial charge in [0, 0.05) is 13.1 Å². The molecule has 0 spiro atoms. The lowest BCUT2D eigenvalue weighted by molar-refractivity contribution is -0.127. The Morgan fingerprint density at radius 1 is 1.26 bits per heavy atom. The average Bonchev–Trinajstić information content (AvgIpc) is 3.30. The van der Waals surface area contributed by atoms with Crippen LogP contribution in [-0.2, 0) is 11.3 Å². The summed E-state index contributed by atoms with van der Waals surface area (Å²) in [6.45, 7) is 2.39. The number of amides is 1. The monoisotopic (exact) mass is 381 g/mol.